The molecule has 0 saturated carbocycles. The van der Waals surface area contributed by atoms with Crippen molar-refractivity contribution in [3.05, 3.63) is 66.3 Å². The number of rotatable bonds is 20. The van der Waals surface area contributed by atoms with Crippen molar-refractivity contribution in [1.29, 1.82) is 0 Å². The van der Waals surface area contributed by atoms with E-state index in [0.717, 1.165) is 42.5 Å². The van der Waals surface area contributed by atoms with Crippen molar-refractivity contribution in [3.63, 3.8) is 0 Å². The van der Waals surface area contributed by atoms with Crippen LogP contribution in [0.1, 0.15) is 89.6 Å². The molecular weight excluding hydrogens is 564 g/mol. The van der Waals surface area contributed by atoms with E-state index in [1.165, 1.54) is 18.1 Å². The SMILES string of the molecule is C=C(CC)CC(C)C=Nc1cc(OCCCOc2cc(N=C[C@@H](C)CC(=C)CC)c(C(C)=O)cc2OC)c(OC)cc1C(=C)C. The average Bonchev–Trinajstić information content (AvgIpc) is 3.01. The number of carbonyl (C=O) groups excluding carboxylic acids is 1. The van der Waals surface area contributed by atoms with Gasteiger partial charge < -0.3 is 18.9 Å². The van der Waals surface area contributed by atoms with Gasteiger partial charge in [0.1, 0.15) is 0 Å². The van der Waals surface area contributed by atoms with Crippen molar-refractivity contribution < 1.29 is 23.7 Å². The predicted octanol–water partition coefficient (Wildman–Crippen LogP) is 10.2. The fourth-order valence-corrected chi connectivity index (χ4v) is 4.62. The van der Waals surface area contributed by atoms with Crippen molar-refractivity contribution in [2.24, 2.45) is 21.8 Å². The lowest BCUT2D eigenvalue weighted by atomic mass is 10.0. The quantitative estimate of drug-likeness (QED) is 0.0640. The van der Waals surface area contributed by atoms with Crippen LogP contribution in [0.5, 0.6) is 23.0 Å². The van der Waals surface area contributed by atoms with Crippen molar-refractivity contribution in [2.75, 3.05) is 27.4 Å². The first-order valence-corrected chi connectivity index (χ1v) is 15.7. The molecule has 2 rings (SSSR count). The van der Waals surface area contributed by atoms with Crippen LogP contribution < -0.4 is 18.9 Å². The van der Waals surface area contributed by atoms with Gasteiger partial charge in [-0.05, 0) is 69.1 Å². The van der Waals surface area contributed by atoms with E-state index in [4.69, 9.17) is 23.9 Å². The van der Waals surface area contributed by atoms with Gasteiger partial charge in [-0.15, -0.1) is 0 Å². The van der Waals surface area contributed by atoms with E-state index in [1.54, 1.807) is 26.4 Å². The molecule has 0 amide bonds. The van der Waals surface area contributed by atoms with E-state index >= 15 is 0 Å². The van der Waals surface area contributed by atoms with E-state index in [-0.39, 0.29) is 17.6 Å². The number of allylic oxidation sites excluding steroid dienone is 3. The smallest absolute Gasteiger partial charge is 0.163 e. The lowest BCUT2D eigenvalue weighted by Crippen LogP contribution is -2.07. The summed E-state index contributed by atoms with van der Waals surface area (Å²) in [6, 6.07) is 7.26. The van der Waals surface area contributed by atoms with Gasteiger partial charge in [-0.25, -0.2) is 0 Å². The summed E-state index contributed by atoms with van der Waals surface area (Å²) in [6.45, 7) is 25.0. The van der Waals surface area contributed by atoms with Crippen molar-refractivity contribution in [3.8, 4) is 23.0 Å². The van der Waals surface area contributed by atoms with Crippen LogP contribution in [0.4, 0.5) is 11.4 Å². The lowest BCUT2D eigenvalue weighted by molar-refractivity contribution is 0.101. The first-order valence-electron chi connectivity index (χ1n) is 15.7. The average molecular weight is 617 g/mol. The molecule has 244 valence electrons. The molecule has 0 aliphatic heterocycles. The fourth-order valence-electron chi connectivity index (χ4n) is 4.62. The maximum Gasteiger partial charge on any atom is 0.163 e. The normalized spacial score (nSPS) is 12.6. The molecule has 0 saturated heterocycles. The maximum atomic E-state index is 12.4. The van der Waals surface area contributed by atoms with Crippen LogP contribution in [0.25, 0.3) is 5.57 Å². The van der Waals surface area contributed by atoms with Crippen LogP contribution in [0, 0.1) is 11.8 Å². The highest BCUT2D eigenvalue weighted by atomic mass is 16.5. The highest BCUT2D eigenvalue weighted by molar-refractivity contribution is 6.00. The van der Waals surface area contributed by atoms with Gasteiger partial charge in [-0.3, -0.25) is 14.8 Å². The third-order valence-corrected chi connectivity index (χ3v) is 7.36. The predicted molar refractivity (Wildman–Crippen MR) is 189 cm³/mol. The number of Topliss-reactive ketones (excluding diaryl/α,β-unsaturated/α-hetero) is 1. The van der Waals surface area contributed by atoms with Gasteiger partial charge in [-0.2, -0.15) is 0 Å². The minimum atomic E-state index is -0.0952. The highest BCUT2D eigenvalue weighted by Gasteiger charge is 2.16. The molecule has 0 radical (unpaired) electrons. The molecule has 2 aromatic rings. The monoisotopic (exact) mass is 616 g/mol. The molecule has 0 heterocycles. The number of benzene rings is 2. The van der Waals surface area contributed by atoms with E-state index in [1.807, 2.05) is 31.5 Å². The molecule has 0 aliphatic rings. The van der Waals surface area contributed by atoms with E-state index in [9.17, 15) is 4.79 Å². The summed E-state index contributed by atoms with van der Waals surface area (Å²) >= 11 is 0. The number of nitrogens with zero attached hydrogens (tertiary/aromatic N) is 2. The topological polar surface area (TPSA) is 78.7 Å². The summed E-state index contributed by atoms with van der Waals surface area (Å²) < 4.78 is 23.4. The van der Waals surface area contributed by atoms with Crippen LogP contribution in [0.2, 0.25) is 0 Å². The first kappa shape index (κ1) is 37.1. The van der Waals surface area contributed by atoms with Gasteiger partial charge in [0, 0.05) is 42.1 Å². The summed E-state index contributed by atoms with van der Waals surface area (Å²) in [5, 5.41) is 0. The third kappa shape index (κ3) is 11.7. The molecule has 0 N–H and O–H groups in total. The van der Waals surface area contributed by atoms with Gasteiger partial charge in [0.15, 0.2) is 28.8 Å². The summed E-state index contributed by atoms with van der Waals surface area (Å²) in [6.07, 6.45) is 8.03. The second kappa shape index (κ2) is 18.6. The van der Waals surface area contributed by atoms with Crippen LogP contribution in [0.3, 0.4) is 0 Å². The van der Waals surface area contributed by atoms with Crippen molar-refractivity contribution >= 4 is 35.2 Å². The Morgan fingerprint density at radius 3 is 1.53 bits per heavy atom. The van der Waals surface area contributed by atoms with Crippen LogP contribution in [-0.4, -0.2) is 45.6 Å². The zero-order chi connectivity index (χ0) is 33.5. The Kier molecular flexibility index (Phi) is 15.3. The van der Waals surface area contributed by atoms with Gasteiger partial charge >= 0.3 is 0 Å². The lowest BCUT2D eigenvalue weighted by Gasteiger charge is -2.16. The van der Waals surface area contributed by atoms with Crippen LogP contribution in [-0.2, 0) is 0 Å². The third-order valence-electron chi connectivity index (χ3n) is 7.36. The molecular formula is C38H52N2O5. The first-order chi connectivity index (χ1) is 21.4. The molecule has 0 spiro atoms. The zero-order valence-electron chi connectivity index (χ0n) is 28.6. The molecule has 1 unspecified atom stereocenters. The van der Waals surface area contributed by atoms with Crippen LogP contribution in [0.15, 0.2) is 65.1 Å². The molecule has 0 aliphatic carbocycles. The van der Waals surface area contributed by atoms with E-state index in [0.29, 0.717) is 53.9 Å². The number of aliphatic imine (C=N–C) groups is 2. The Morgan fingerprint density at radius 1 is 0.733 bits per heavy atom. The van der Waals surface area contributed by atoms with Crippen molar-refractivity contribution in [1.82, 2.24) is 0 Å². The molecule has 0 bridgehead atoms. The number of ether oxygens (including phenoxy) is 4. The van der Waals surface area contributed by atoms with Gasteiger partial charge in [-0.1, -0.05) is 58.6 Å². The minimum absolute atomic E-state index is 0.0952. The molecule has 0 fully saturated rings. The fraction of sp³-hybridized carbons (Fsp3) is 0.447. The molecule has 7 heteroatoms. The van der Waals surface area contributed by atoms with E-state index in [2.05, 4.69) is 52.4 Å². The molecule has 2 aromatic carbocycles. The van der Waals surface area contributed by atoms with E-state index < -0.39 is 0 Å². The molecule has 7 nitrogen and oxygen atoms in total. The number of ketones is 1. The standard InChI is InChI=1S/C38H52N2O5/c1-12-26(5)17-28(7)23-39-33-21-37(35(42-10)19-31(33)25(3)4)44-15-14-16-45-38-22-34(32(30(9)41)20-36(38)43-11)40-24-29(8)18-27(6)13-2/h19-24,28-29H,3,5-6,12-18H2,1-2,4,7-11H3/t28?,29-/m0/s1. The zero-order valence-corrected chi connectivity index (χ0v) is 28.6. The second-order valence-corrected chi connectivity index (χ2v) is 11.6. The van der Waals surface area contributed by atoms with Crippen LogP contribution >= 0.6 is 0 Å². The highest BCUT2D eigenvalue weighted by Crippen LogP contribution is 2.38. The summed E-state index contributed by atoms with van der Waals surface area (Å²) in [5.41, 5.74) is 5.97. The summed E-state index contributed by atoms with van der Waals surface area (Å²) in [4.78, 5) is 21.8. The Morgan fingerprint density at radius 2 is 1.16 bits per heavy atom. The number of hydrogen-bond acceptors (Lipinski definition) is 7. The maximum absolute atomic E-state index is 12.4. The van der Waals surface area contributed by atoms with Gasteiger partial charge in [0.05, 0.1) is 38.8 Å². The largest absolute Gasteiger partial charge is 0.493 e. The number of hydrogen-bond donors (Lipinski definition) is 0. The summed E-state index contributed by atoms with van der Waals surface area (Å²) in [7, 11) is 3.17. The minimum Gasteiger partial charge on any atom is -0.493 e. The number of carbonyl (C=O) groups is 1. The number of methoxy groups -OCH3 is 2. The molecule has 2 atom stereocenters. The molecule has 0 aromatic heterocycles. The van der Waals surface area contributed by atoms with Gasteiger partial charge in [0.2, 0.25) is 0 Å². The Bertz CT molecular complexity index is 1300. The Labute approximate surface area is 270 Å². The second-order valence-electron chi connectivity index (χ2n) is 11.6. The summed E-state index contributed by atoms with van der Waals surface area (Å²) in [5.74, 6) is 2.56. The van der Waals surface area contributed by atoms with Gasteiger partial charge in [0.25, 0.3) is 0 Å². The molecule has 45 heavy (non-hydrogen) atoms. The Balaban J connectivity index is 2.17. The Hall–Kier alpha value is -4.13. The van der Waals surface area contributed by atoms with Crippen molar-refractivity contribution in [2.45, 2.75) is 73.6 Å².